The maximum absolute atomic E-state index is 13.2. The van der Waals surface area contributed by atoms with E-state index in [-0.39, 0.29) is 18.1 Å². The third-order valence-electron chi connectivity index (χ3n) is 6.07. The van der Waals surface area contributed by atoms with Crippen molar-refractivity contribution in [3.05, 3.63) is 0 Å². The molecule has 0 spiro atoms. The molecule has 0 radical (unpaired) electrons. The Labute approximate surface area is 181 Å². The van der Waals surface area contributed by atoms with Gasteiger partial charge in [-0.3, -0.25) is 9.69 Å². The largest absolute Gasteiger partial charge is 0.444 e. The van der Waals surface area contributed by atoms with Gasteiger partial charge in [0.25, 0.3) is 0 Å². The topological polar surface area (TPSA) is 100 Å². The lowest BCUT2D eigenvalue weighted by molar-refractivity contribution is -0.169. The van der Waals surface area contributed by atoms with E-state index in [1.54, 1.807) is 4.90 Å². The zero-order valence-corrected chi connectivity index (χ0v) is 21.2. The first-order valence-corrected chi connectivity index (χ1v) is 13.5. The fourth-order valence-electron chi connectivity index (χ4n) is 3.67. The lowest BCUT2D eigenvalue weighted by Gasteiger charge is -2.39. The van der Waals surface area contributed by atoms with Gasteiger partial charge in [-0.15, -0.1) is 0 Å². The molecular formula is C21H40N2O6Si. The van der Waals surface area contributed by atoms with Crippen LogP contribution in [0.3, 0.4) is 0 Å². The number of primary amides is 1. The monoisotopic (exact) mass is 444 g/mol. The Kier molecular flexibility index (Phi) is 6.75. The highest BCUT2D eigenvalue weighted by Crippen LogP contribution is 2.43. The Morgan fingerprint density at radius 3 is 1.97 bits per heavy atom. The number of hydrogen-bond acceptors (Lipinski definition) is 6. The molecule has 0 aromatic heterocycles. The Bertz CT molecular complexity index is 667. The molecule has 2 amide bonds. The third kappa shape index (κ3) is 5.55. The predicted molar refractivity (Wildman–Crippen MR) is 116 cm³/mol. The number of ether oxygens (including phenoxy) is 3. The van der Waals surface area contributed by atoms with E-state index in [0.717, 1.165) is 0 Å². The van der Waals surface area contributed by atoms with E-state index in [9.17, 15) is 9.59 Å². The first-order valence-electron chi connectivity index (χ1n) is 10.6. The van der Waals surface area contributed by atoms with Crippen LogP contribution in [-0.4, -0.2) is 67.5 Å². The number of nitrogens with two attached hydrogens (primary N) is 1. The predicted octanol–water partition coefficient (Wildman–Crippen LogP) is 3.39. The highest BCUT2D eigenvalue weighted by molar-refractivity contribution is 6.74. The number of rotatable bonds is 5. The first-order chi connectivity index (χ1) is 13.3. The normalized spacial score (nSPS) is 29.1. The van der Waals surface area contributed by atoms with Crippen LogP contribution in [0, 0.1) is 0 Å². The van der Waals surface area contributed by atoms with Crippen molar-refractivity contribution in [3.8, 4) is 0 Å². The van der Waals surface area contributed by atoms with Crippen LogP contribution in [0.1, 0.15) is 61.8 Å². The van der Waals surface area contributed by atoms with Crippen LogP contribution in [0.2, 0.25) is 18.1 Å². The maximum atomic E-state index is 13.2. The minimum atomic E-state index is -2.08. The molecule has 2 fully saturated rings. The molecule has 30 heavy (non-hydrogen) atoms. The summed E-state index contributed by atoms with van der Waals surface area (Å²) in [6, 6.07) is -1.01. The van der Waals surface area contributed by atoms with Gasteiger partial charge in [0.15, 0.2) is 14.1 Å². The lowest BCUT2D eigenvalue weighted by atomic mass is 10.1. The summed E-state index contributed by atoms with van der Waals surface area (Å²) >= 11 is 0. The van der Waals surface area contributed by atoms with E-state index in [0.29, 0.717) is 0 Å². The Morgan fingerprint density at radius 2 is 1.53 bits per heavy atom. The molecule has 0 aromatic rings. The number of carbonyl (C=O) groups is 2. The molecule has 8 nitrogen and oxygen atoms in total. The first kappa shape index (κ1) is 25.1. The van der Waals surface area contributed by atoms with Crippen LogP contribution in [0.5, 0.6) is 0 Å². The summed E-state index contributed by atoms with van der Waals surface area (Å²) < 4.78 is 24.4. The van der Waals surface area contributed by atoms with Crippen molar-refractivity contribution in [1.82, 2.24) is 4.90 Å². The van der Waals surface area contributed by atoms with Gasteiger partial charge in [0, 0.05) is 6.42 Å². The number of carbonyl (C=O) groups excluding carboxylic acids is 2. The van der Waals surface area contributed by atoms with Crippen molar-refractivity contribution in [2.75, 3.05) is 6.61 Å². The highest BCUT2D eigenvalue weighted by Gasteiger charge is 2.60. The summed E-state index contributed by atoms with van der Waals surface area (Å²) in [6.45, 7) is 20.2. The van der Waals surface area contributed by atoms with Gasteiger partial charge in [0.1, 0.15) is 17.8 Å². The zero-order valence-electron chi connectivity index (χ0n) is 20.2. The van der Waals surface area contributed by atoms with Gasteiger partial charge < -0.3 is 24.4 Å². The Hall–Kier alpha value is -1.16. The molecule has 0 bridgehead atoms. The van der Waals surface area contributed by atoms with Gasteiger partial charge in [0.05, 0.1) is 18.7 Å². The molecule has 2 saturated heterocycles. The summed E-state index contributed by atoms with van der Waals surface area (Å²) in [5, 5.41) is 0.0146. The smallest absolute Gasteiger partial charge is 0.411 e. The van der Waals surface area contributed by atoms with Gasteiger partial charge in [-0.25, -0.2) is 4.79 Å². The average molecular weight is 445 g/mol. The van der Waals surface area contributed by atoms with Crippen LogP contribution in [0.15, 0.2) is 0 Å². The summed E-state index contributed by atoms with van der Waals surface area (Å²) in [6.07, 6.45) is -1.46. The minimum absolute atomic E-state index is 0.0146. The van der Waals surface area contributed by atoms with Crippen LogP contribution in [0.25, 0.3) is 0 Å². The number of likely N-dealkylation sites (tertiary alicyclic amines) is 1. The van der Waals surface area contributed by atoms with E-state index in [1.165, 1.54) is 0 Å². The van der Waals surface area contributed by atoms with E-state index in [4.69, 9.17) is 24.4 Å². The summed E-state index contributed by atoms with van der Waals surface area (Å²) in [5.41, 5.74) is 4.84. The van der Waals surface area contributed by atoms with Gasteiger partial charge in [-0.05, 0) is 52.8 Å². The van der Waals surface area contributed by atoms with Crippen molar-refractivity contribution < 1.29 is 28.2 Å². The molecule has 1 unspecified atom stereocenters. The molecule has 4 atom stereocenters. The molecule has 2 aliphatic rings. The molecule has 2 N–H and O–H groups in total. The van der Waals surface area contributed by atoms with E-state index in [2.05, 4.69) is 33.9 Å². The van der Waals surface area contributed by atoms with Gasteiger partial charge in [-0.1, -0.05) is 20.8 Å². The van der Waals surface area contributed by atoms with Crippen molar-refractivity contribution in [2.24, 2.45) is 5.73 Å². The van der Waals surface area contributed by atoms with Gasteiger partial charge >= 0.3 is 6.09 Å². The van der Waals surface area contributed by atoms with Gasteiger partial charge in [-0.2, -0.15) is 0 Å². The fourth-order valence-corrected chi connectivity index (χ4v) is 4.69. The standard InChI is InChI=1S/C21H40N2O6Si/c1-19(2,3)29-18(25)23-13(11-15(22)24)16-17(28-21(7,8)27-16)14(23)12-26-30(9,10)20(4,5)6/h13-14,16-17H,11-12H2,1-10H3,(H2,22,24)/t13?,14-,16+,17-/m1/s1. The van der Waals surface area contributed by atoms with Crippen LogP contribution >= 0.6 is 0 Å². The van der Waals surface area contributed by atoms with Crippen molar-refractivity contribution >= 4 is 20.3 Å². The zero-order chi connectivity index (χ0) is 23.3. The molecule has 9 heteroatoms. The average Bonchev–Trinajstić information content (AvgIpc) is 2.93. The molecule has 2 heterocycles. The molecule has 174 valence electrons. The molecule has 0 saturated carbocycles. The molecule has 0 aromatic carbocycles. The third-order valence-corrected chi connectivity index (χ3v) is 10.6. The summed E-state index contributed by atoms with van der Waals surface area (Å²) in [7, 11) is -2.08. The summed E-state index contributed by atoms with van der Waals surface area (Å²) in [4.78, 5) is 26.6. The van der Waals surface area contributed by atoms with Crippen LogP contribution in [-0.2, 0) is 23.4 Å². The molecule has 2 rings (SSSR count). The van der Waals surface area contributed by atoms with E-state index >= 15 is 0 Å². The molecular weight excluding hydrogens is 404 g/mol. The molecule has 0 aliphatic carbocycles. The van der Waals surface area contributed by atoms with Crippen LogP contribution < -0.4 is 5.73 Å². The quantitative estimate of drug-likeness (QED) is 0.652. The Balaban J connectivity index is 2.38. The summed E-state index contributed by atoms with van der Waals surface area (Å²) in [5.74, 6) is -1.33. The maximum Gasteiger partial charge on any atom is 0.411 e. The molecule has 2 aliphatic heterocycles. The highest BCUT2D eigenvalue weighted by atomic mass is 28.4. The van der Waals surface area contributed by atoms with Crippen molar-refractivity contribution in [3.63, 3.8) is 0 Å². The van der Waals surface area contributed by atoms with E-state index in [1.807, 2.05) is 34.6 Å². The number of nitrogens with zero attached hydrogens (tertiary/aromatic N) is 1. The van der Waals surface area contributed by atoms with E-state index < -0.39 is 56.0 Å². The minimum Gasteiger partial charge on any atom is -0.444 e. The van der Waals surface area contributed by atoms with Crippen molar-refractivity contribution in [2.45, 2.75) is 116 Å². The SMILES string of the molecule is CC(C)(C)OC(=O)N1C(CC(N)=O)[C@@H]2OC(C)(C)O[C@@H]2[C@H]1CO[Si](C)(C)C(C)(C)C. The Morgan fingerprint density at radius 1 is 1.03 bits per heavy atom. The number of amides is 2. The lowest BCUT2D eigenvalue weighted by Crippen LogP contribution is -2.52. The second kappa shape index (κ2) is 8.07. The number of hydrogen-bond donors (Lipinski definition) is 1. The number of fused-ring (bicyclic) bond motifs is 1. The second-order valence-corrected chi connectivity index (χ2v) is 16.1. The van der Waals surface area contributed by atoms with Gasteiger partial charge in [0.2, 0.25) is 5.91 Å². The fraction of sp³-hybridized carbons (Fsp3) is 0.905. The second-order valence-electron chi connectivity index (χ2n) is 11.3. The van der Waals surface area contributed by atoms with Crippen molar-refractivity contribution in [1.29, 1.82) is 0 Å². The van der Waals surface area contributed by atoms with Crippen LogP contribution in [0.4, 0.5) is 4.79 Å².